The highest BCUT2D eigenvalue weighted by atomic mass is 16.2. The number of benzene rings is 2. The van der Waals surface area contributed by atoms with E-state index in [-0.39, 0.29) is 12.5 Å². The number of hydrogen-bond acceptors (Lipinski definition) is 5. The van der Waals surface area contributed by atoms with Crippen LogP contribution in [0.2, 0.25) is 0 Å². The summed E-state index contributed by atoms with van der Waals surface area (Å²) in [5.74, 6) is 0.605. The molecule has 7 nitrogen and oxygen atoms in total. The fraction of sp³-hybridized carbons (Fsp3) is 0.111. The molecule has 0 bridgehead atoms. The van der Waals surface area contributed by atoms with Gasteiger partial charge in [0.2, 0.25) is 5.91 Å². The number of likely N-dealkylation sites (N-methyl/N-ethyl adjacent to an activating group) is 1. The first-order valence-electron chi connectivity index (χ1n) is 7.84. The third-order valence-corrected chi connectivity index (χ3v) is 3.99. The van der Waals surface area contributed by atoms with Crippen molar-refractivity contribution in [2.75, 3.05) is 23.8 Å². The molecule has 0 aliphatic heterocycles. The monoisotopic (exact) mass is 332 g/mol. The summed E-state index contributed by atoms with van der Waals surface area (Å²) in [6, 6.07) is 13.4. The Labute approximate surface area is 143 Å². The molecule has 4 aromatic rings. The van der Waals surface area contributed by atoms with Crippen LogP contribution in [0.15, 0.2) is 55.0 Å². The summed E-state index contributed by atoms with van der Waals surface area (Å²) in [4.78, 5) is 22.8. The molecule has 0 fully saturated rings. The van der Waals surface area contributed by atoms with Crippen LogP contribution >= 0.6 is 0 Å². The van der Waals surface area contributed by atoms with Crippen LogP contribution in [0.5, 0.6) is 0 Å². The quantitative estimate of drug-likeness (QED) is 0.600. The van der Waals surface area contributed by atoms with E-state index in [2.05, 4.69) is 25.5 Å². The molecule has 25 heavy (non-hydrogen) atoms. The van der Waals surface area contributed by atoms with E-state index in [9.17, 15) is 4.79 Å². The minimum absolute atomic E-state index is 0.121. The lowest BCUT2D eigenvalue weighted by Gasteiger charge is -2.19. The second kappa shape index (κ2) is 6.20. The Morgan fingerprint density at radius 1 is 1.20 bits per heavy atom. The number of amides is 1. The molecule has 0 atom stereocenters. The Balaban J connectivity index is 1.51. The van der Waals surface area contributed by atoms with Crippen molar-refractivity contribution in [1.29, 1.82) is 0 Å². The van der Waals surface area contributed by atoms with Crippen molar-refractivity contribution in [2.24, 2.45) is 0 Å². The number of nitrogens with one attached hydrogen (secondary N) is 2. The minimum atomic E-state index is -0.121. The fourth-order valence-electron chi connectivity index (χ4n) is 2.80. The molecule has 0 saturated carbocycles. The number of para-hydroxylation sites is 1. The predicted molar refractivity (Wildman–Crippen MR) is 97.5 cm³/mol. The number of nitrogens with zero attached hydrogens (tertiary/aromatic N) is 4. The van der Waals surface area contributed by atoms with Crippen LogP contribution in [0, 0.1) is 0 Å². The summed E-state index contributed by atoms with van der Waals surface area (Å²) in [6.07, 6.45) is 3.26. The zero-order chi connectivity index (χ0) is 17.2. The van der Waals surface area contributed by atoms with Gasteiger partial charge >= 0.3 is 0 Å². The number of hydrogen-bond donors (Lipinski definition) is 2. The molecule has 2 aromatic carbocycles. The molecule has 1 amide bonds. The van der Waals surface area contributed by atoms with Gasteiger partial charge in [0.15, 0.2) is 0 Å². The molecular formula is C18H16N6O. The lowest BCUT2D eigenvalue weighted by atomic mass is 10.2. The van der Waals surface area contributed by atoms with E-state index in [4.69, 9.17) is 0 Å². The number of carbonyl (C=O) groups excluding carboxylic acids is 1. The van der Waals surface area contributed by atoms with Crippen molar-refractivity contribution in [1.82, 2.24) is 20.2 Å². The molecule has 4 rings (SSSR count). The minimum Gasteiger partial charge on any atom is -0.350 e. The van der Waals surface area contributed by atoms with Crippen LogP contribution in [-0.4, -0.2) is 39.7 Å². The predicted octanol–water partition coefficient (Wildman–Crippen LogP) is 2.58. The number of H-pyrrole nitrogens is 1. The number of fused-ring (bicyclic) bond motifs is 2. The van der Waals surface area contributed by atoms with Crippen LogP contribution in [0.1, 0.15) is 0 Å². The van der Waals surface area contributed by atoms with E-state index in [1.165, 1.54) is 6.33 Å². The van der Waals surface area contributed by atoms with Gasteiger partial charge in [-0.3, -0.25) is 9.89 Å². The highest BCUT2D eigenvalue weighted by molar-refractivity contribution is 5.97. The third kappa shape index (κ3) is 2.99. The first kappa shape index (κ1) is 15.1. The Morgan fingerprint density at radius 3 is 3.00 bits per heavy atom. The molecule has 124 valence electrons. The fourth-order valence-corrected chi connectivity index (χ4v) is 2.80. The van der Waals surface area contributed by atoms with Gasteiger partial charge in [0.05, 0.1) is 23.8 Å². The standard InChI is InChI=1S/C18H16N6O/c1-24(18-14-4-2-3-5-15(14)19-11-20-18)10-17(25)22-13-7-6-12-9-21-23-16(12)8-13/h2-9,11H,10H2,1H3,(H,21,23)(H,22,25). The van der Waals surface area contributed by atoms with Crippen LogP contribution in [-0.2, 0) is 4.79 Å². The number of rotatable bonds is 4. The van der Waals surface area contributed by atoms with E-state index in [1.807, 2.05) is 54.4 Å². The lowest BCUT2D eigenvalue weighted by molar-refractivity contribution is -0.114. The summed E-state index contributed by atoms with van der Waals surface area (Å²) in [5.41, 5.74) is 2.46. The largest absolute Gasteiger partial charge is 0.350 e. The van der Waals surface area contributed by atoms with E-state index >= 15 is 0 Å². The molecule has 7 heteroatoms. The molecule has 0 aliphatic rings. The second-order valence-electron chi connectivity index (χ2n) is 5.79. The number of aromatic nitrogens is 4. The molecule has 0 radical (unpaired) electrons. The maximum absolute atomic E-state index is 12.4. The number of aromatic amines is 1. The van der Waals surface area contributed by atoms with Gasteiger partial charge in [-0.05, 0) is 30.3 Å². The van der Waals surface area contributed by atoms with E-state index in [0.717, 1.165) is 33.3 Å². The third-order valence-electron chi connectivity index (χ3n) is 3.99. The summed E-state index contributed by atoms with van der Waals surface area (Å²) in [6.45, 7) is 0.183. The smallest absolute Gasteiger partial charge is 0.243 e. The second-order valence-corrected chi connectivity index (χ2v) is 5.79. The van der Waals surface area contributed by atoms with E-state index in [1.54, 1.807) is 6.20 Å². The Hall–Kier alpha value is -3.48. The molecule has 0 saturated heterocycles. The van der Waals surface area contributed by atoms with Crippen molar-refractivity contribution in [2.45, 2.75) is 0 Å². The maximum Gasteiger partial charge on any atom is 0.243 e. The van der Waals surface area contributed by atoms with Crippen LogP contribution in [0.4, 0.5) is 11.5 Å². The van der Waals surface area contributed by atoms with Crippen LogP contribution < -0.4 is 10.2 Å². The summed E-state index contributed by atoms with van der Waals surface area (Å²) < 4.78 is 0. The molecule has 0 unspecified atom stereocenters. The van der Waals surface area contributed by atoms with Gasteiger partial charge in [-0.2, -0.15) is 5.10 Å². The zero-order valence-electron chi connectivity index (χ0n) is 13.6. The average Bonchev–Trinajstić information content (AvgIpc) is 3.08. The molecule has 0 spiro atoms. The Morgan fingerprint density at radius 2 is 2.08 bits per heavy atom. The van der Waals surface area contributed by atoms with Gasteiger partial charge in [-0.25, -0.2) is 9.97 Å². The zero-order valence-corrected chi connectivity index (χ0v) is 13.6. The molecule has 0 aliphatic carbocycles. The first-order valence-corrected chi connectivity index (χ1v) is 7.84. The highest BCUT2D eigenvalue weighted by Gasteiger charge is 2.12. The van der Waals surface area contributed by atoms with Crippen LogP contribution in [0.25, 0.3) is 21.8 Å². The van der Waals surface area contributed by atoms with Crippen LogP contribution in [0.3, 0.4) is 0 Å². The molecule has 2 N–H and O–H groups in total. The summed E-state index contributed by atoms with van der Waals surface area (Å²) in [7, 11) is 1.84. The Kier molecular flexibility index (Phi) is 3.74. The highest BCUT2D eigenvalue weighted by Crippen LogP contribution is 2.21. The SMILES string of the molecule is CN(CC(=O)Nc1ccc2cn[nH]c2c1)c1ncnc2ccccc12. The Bertz CT molecular complexity index is 1050. The van der Waals surface area contributed by atoms with Crippen molar-refractivity contribution < 1.29 is 4.79 Å². The lowest BCUT2D eigenvalue weighted by Crippen LogP contribution is -2.30. The van der Waals surface area contributed by atoms with Crippen molar-refractivity contribution >= 4 is 39.2 Å². The van der Waals surface area contributed by atoms with Crippen molar-refractivity contribution in [3.05, 3.63) is 55.0 Å². The molecule has 2 aromatic heterocycles. The van der Waals surface area contributed by atoms with E-state index < -0.39 is 0 Å². The van der Waals surface area contributed by atoms with E-state index in [0.29, 0.717) is 0 Å². The molecular weight excluding hydrogens is 316 g/mol. The van der Waals surface area contributed by atoms with Gasteiger partial charge in [0, 0.05) is 23.5 Å². The number of anilines is 2. The molecule has 2 heterocycles. The van der Waals surface area contributed by atoms with Gasteiger partial charge in [0.25, 0.3) is 0 Å². The van der Waals surface area contributed by atoms with Gasteiger partial charge in [0.1, 0.15) is 12.1 Å². The van der Waals surface area contributed by atoms with Crippen molar-refractivity contribution in [3.8, 4) is 0 Å². The van der Waals surface area contributed by atoms with Crippen molar-refractivity contribution in [3.63, 3.8) is 0 Å². The topological polar surface area (TPSA) is 86.8 Å². The van der Waals surface area contributed by atoms with Gasteiger partial charge in [-0.1, -0.05) is 12.1 Å². The summed E-state index contributed by atoms with van der Waals surface area (Å²) in [5, 5.41) is 11.7. The van der Waals surface area contributed by atoms with Gasteiger partial charge in [-0.15, -0.1) is 0 Å². The first-order chi connectivity index (χ1) is 12.2. The maximum atomic E-state index is 12.4. The van der Waals surface area contributed by atoms with Gasteiger partial charge < -0.3 is 10.2 Å². The number of carbonyl (C=O) groups is 1. The average molecular weight is 332 g/mol. The summed E-state index contributed by atoms with van der Waals surface area (Å²) >= 11 is 0. The normalized spacial score (nSPS) is 10.9.